The Labute approximate surface area is 178 Å². The summed E-state index contributed by atoms with van der Waals surface area (Å²) < 4.78 is 27.5. The number of likely N-dealkylation sites (tertiary alicyclic amines) is 1. The molecule has 4 rings (SSSR count). The number of nitrogens with one attached hydrogen (secondary N) is 1. The van der Waals surface area contributed by atoms with Gasteiger partial charge < -0.3 is 10.2 Å². The molecule has 1 fully saturated rings. The maximum atomic E-state index is 12.7. The predicted molar refractivity (Wildman–Crippen MR) is 117 cm³/mol. The van der Waals surface area contributed by atoms with Crippen molar-refractivity contribution in [1.82, 2.24) is 15.1 Å². The van der Waals surface area contributed by atoms with Crippen molar-refractivity contribution in [2.75, 3.05) is 25.4 Å². The summed E-state index contributed by atoms with van der Waals surface area (Å²) in [6, 6.07) is 8.30. The topological polar surface area (TPSA) is 82.1 Å². The van der Waals surface area contributed by atoms with Crippen LogP contribution in [0.2, 0.25) is 0 Å². The van der Waals surface area contributed by atoms with E-state index in [9.17, 15) is 13.2 Å². The van der Waals surface area contributed by atoms with Crippen LogP contribution in [-0.4, -0.2) is 55.3 Å². The Morgan fingerprint density at radius 2 is 1.97 bits per heavy atom. The zero-order valence-electron chi connectivity index (χ0n) is 17.3. The molecule has 0 saturated carbocycles. The Kier molecular flexibility index (Phi) is 6.06. The van der Waals surface area contributed by atoms with E-state index >= 15 is 0 Å². The van der Waals surface area contributed by atoms with E-state index in [0.29, 0.717) is 13.1 Å². The Hall–Kier alpha value is -2.45. The molecule has 0 bridgehead atoms. The van der Waals surface area contributed by atoms with Gasteiger partial charge in [0.15, 0.2) is 5.84 Å². The van der Waals surface area contributed by atoms with E-state index in [-0.39, 0.29) is 23.1 Å². The van der Waals surface area contributed by atoms with Gasteiger partial charge in [0.25, 0.3) is 15.9 Å². The number of rotatable bonds is 5. The van der Waals surface area contributed by atoms with E-state index in [0.717, 1.165) is 31.1 Å². The molecule has 3 aliphatic heterocycles. The number of hydrogen-bond acceptors (Lipinski definition) is 5. The van der Waals surface area contributed by atoms with E-state index in [1.165, 1.54) is 18.4 Å². The molecular formula is C22H28N4O3S. The molecule has 1 aromatic carbocycles. The molecule has 30 heavy (non-hydrogen) atoms. The standard InChI is InChI=1S/C22H28N4O3S/c1-17-4-2-10-25(15-17)16-19-8-6-18(7-9-19)14-23-22(27)20-5-3-11-26-12-13-30(28,29)24-21(20)26/h3,5-9,11,17H,2,4,10,12-16H2,1H3,(H,23,27). The molecule has 1 aromatic rings. The van der Waals surface area contributed by atoms with Crippen molar-refractivity contribution in [1.29, 1.82) is 0 Å². The van der Waals surface area contributed by atoms with Crippen molar-refractivity contribution >= 4 is 21.8 Å². The van der Waals surface area contributed by atoms with Crippen LogP contribution in [0.5, 0.6) is 0 Å². The fourth-order valence-corrected chi connectivity index (χ4v) is 5.11. The van der Waals surface area contributed by atoms with Crippen LogP contribution in [0, 0.1) is 5.92 Å². The molecule has 0 aromatic heterocycles. The normalized spacial score (nSPS) is 23.4. The van der Waals surface area contributed by atoms with E-state index in [4.69, 9.17) is 0 Å². The third kappa shape index (κ3) is 4.99. The van der Waals surface area contributed by atoms with Gasteiger partial charge in [-0.15, -0.1) is 4.40 Å². The first-order valence-corrected chi connectivity index (χ1v) is 12.1. The molecule has 1 amide bonds. The summed E-state index contributed by atoms with van der Waals surface area (Å²) in [5, 5.41) is 2.88. The SMILES string of the molecule is CC1CCCN(Cc2ccc(CNC(=O)C3=CC=CN4CCS(=O)(=O)N=C34)cc2)C1. The minimum absolute atomic E-state index is 0.0432. The number of sulfonamides is 1. The van der Waals surface area contributed by atoms with Crippen LogP contribution in [0.15, 0.2) is 52.6 Å². The molecule has 1 N–H and O–H groups in total. The van der Waals surface area contributed by atoms with Gasteiger partial charge in [-0.3, -0.25) is 9.69 Å². The highest BCUT2D eigenvalue weighted by Gasteiger charge is 2.29. The highest BCUT2D eigenvalue weighted by Crippen LogP contribution is 2.19. The second kappa shape index (κ2) is 8.73. The average Bonchev–Trinajstić information content (AvgIpc) is 2.72. The average molecular weight is 429 g/mol. The highest BCUT2D eigenvalue weighted by atomic mass is 32.2. The van der Waals surface area contributed by atoms with Crippen molar-refractivity contribution in [3.8, 4) is 0 Å². The second-order valence-corrected chi connectivity index (χ2v) is 10.1. The summed E-state index contributed by atoms with van der Waals surface area (Å²) >= 11 is 0. The minimum Gasteiger partial charge on any atom is -0.348 e. The summed E-state index contributed by atoms with van der Waals surface area (Å²) in [4.78, 5) is 16.9. The second-order valence-electron chi connectivity index (χ2n) is 8.30. The van der Waals surface area contributed by atoms with Gasteiger partial charge in [-0.05, 0) is 48.6 Å². The lowest BCUT2D eigenvalue weighted by Gasteiger charge is -2.30. The number of carbonyl (C=O) groups is 1. The molecule has 8 heteroatoms. The smallest absolute Gasteiger partial charge is 0.256 e. The van der Waals surface area contributed by atoms with E-state index < -0.39 is 10.0 Å². The van der Waals surface area contributed by atoms with Crippen LogP contribution in [-0.2, 0) is 27.9 Å². The molecule has 3 heterocycles. The first kappa shape index (κ1) is 20.8. The number of benzene rings is 1. The largest absolute Gasteiger partial charge is 0.348 e. The molecular weight excluding hydrogens is 400 g/mol. The van der Waals surface area contributed by atoms with Crippen LogP contribution < -0.4 is 5.32 Å². The van der Waals surface area contributed by atoms with Gasteiger partial charge in [-0.25, -0.2) is 8.42 Å². The van der Waals surface area contributed by atoms with Gasteiger partial charge in [-0.1, -0.05) is 31.2 Å². The molecule has 1 saturated heterocycles. The van der Waals surface area contributed by atoms with Crippen LogP contribution in [0.3, 0.4) is 0 Å². The van der Waals surface area contributed by atoms with Gasteiger partial charge in [0, 0.05) is 32.4 Å². The zero-order valence-corrected chi connectivity index (χ0v) is 18.1. The van der Waals surface area contributed by atoms with Gasteiger partial charge in [-0.2, -0.15) is 0 Å². The number of nitrogens with zero attached hydrogens (tertiary/aromatic N) is 3. The number of hydrogen-bond donors (Lipinski definition) is 1. The molecule has 7 nitrogen and oxygen atoms in total. The fraction of sp³-hybridized carbons (Fsp3) is 0.455. The van der Waals surface area contributed by atoms with Crippen molar-refractivity contribution in [3.05, 3.63) is 59.3 Å². The van der Waals surface area contributed by atoms with Crippen LogP contribution in [0.1, 0.15) is 30.9 Å². The Balaban J connectivity index is 1.35. The predicted octanol–water partition coefficient (Wildman–Crippen LogP) is 2.03. The third-order valence-corrected chi connectivity index (χ3v) is 6.88. The molecule has 0 radical (unpaired) electrons. The summed E-state index contributed by atoms with van der Waals surface area (Å²) in [6.07, 6.45) is 7.67. The number of amides is 1. The van der Waals surface area contributed by atoms with Crippen molar-refractivity contribution in [2.45, 2.75) is 32.9 Å². The lowest BCUT2D eigenvalue weighted by Crippen LogP contribution is -2.42. The number of fused-ring (bicyclic) bond motifs is 1. The van der Waals surface area contributed by atoms with Crippen LogP contribution >= 0.6 is 0 Å². The summed E-state index contributed by atoms with van der Waals surface area (Å²) in [5.74, 6) is 0.592. The van der Waals surface area contributed by atoms with Gasteiger partial charge in [0.05, 0.1) is 11.3 Å². The van der Waals surface area contributed by atoms with E-state index in [2.05, 4.69) is 33.7 Å². The van der Waals surface area contributed by atoms with Crippen molar-refractivity contribution in [3.63, 3.8) is 0 Å². The number of piperidine rings is 1. The van der Waals surface area contributed by atoms with Crippen LogP contribution in [0.25, 0.3) is 0 Å². The number of allylic oxidation sites excluding steroid dienone is 2. The summed E-state index contributed by atoms with van der Waals surface area (Å²) in [5.41, 5.74) is 2.55. The van der Waals surface area contributed by atoms with Crippen molar-refractivity contribution < 1.29 is 13.2 Å². The fourth-order valence-electron chi connectivity index (χ4n) is 4.12. The highest BCUT2D eigenvalue weighted by molar-refractivity contribution is 7.90. The molecule has 0 spiro atoms. The zero-order chi connectivity index (χ0) is 21.1. The maximum Gasteiger partial charge on any atom is 0.256 e. The summed E-state index contributed by atoms with van der Waals surface area (Å²) in [6.45, 7) is 6.25. The Bertz CT molecular complexity index is 996. The van der Waals surface area contributed by atoms with E-state index in [1.807, 2.05) is 12.1 Å². The number of amidine groups is 1. The van der Waals surface area contributed by atoms with Gasteiger partial charge >= 0.3 is 0 Å². The summed E-state index contributed by atoms with van der Waals surface area (Å²) in [7, 11) is -3.52. The first-order valence-electron chi connectivity index (χ1n) is 10.5. The lowest BCUT2D eigenvalue weighted by molar-refractivity contribution is -0.117. The Morgan fingerprint density at radius 3 is 2.73 bits per heavy atom. The quantitative estimate of drug-likeness (QED) is 0.776. The number of carbonyl (C=O) groups excluding carboxylic acids is 1. The van der Waals surface area contributed by atoms with Crippen molar-refractivity contribution in [2.24, 2.45) is 10.3 Å². The third-order valence-electron chi connectivity index (χ3n) is 5.73. The van der Waals surface area contributed by atoms with E-state index in [1.54, 1.807) is 23.3 Å². The lowest BCUT2D eigenvalue weighted by atomic mass is 9.99. The van der Waals surface area contributed by atoms with Gasteiger partial charge in [0.1, 0.15) is 0 Å². The van der Waals surface area contributed by atoms with Crippen LogP contribution in [0.4, 0.5) is 0 Å². The van der Waals surface area contributed by atoms with Gasteiger partial charge in [0.2, 0.25) is 0 Å². The molecule has 0 aliphatic carbocycles. The molecule has 3 aliphatic rings. The molecule has 1 atom stereocenters. The molecule has 1 unspecified atom stereocenters. The Morgan fingerprint density at radius 1 is 1.20 bits per heavy atom. The minimum atomic E-state index is -3.52. The maximum absolute atomic E-state index is 12.7. The molecule has 160 valence electrons. The monoisotopic (exact) mass is 428 g/mol. The first-order chi connectivity index (χ1) is 14.4.